The number of fused-ring (bicyclic) bond motifs is 10. The van der Waals surface area contributed by atoms with Gasteiger partial charge in [-0.1, -0.05) is 103 Å². The Balaban J connectivity index is 1.07. The maximum absolute atomic E-state index is 2.46. The molecule has 3 heteroatoms. The third-order valence-corrected chi connectivity index (χ3v) is 11.5. The number of para-hydroxylation sites is 1. The van der Waals surface area contributed by atoms with E-state index in [9.17, 15) is 0 Å². The number of thiophene rings is 2. The first-order chi connectivity index (χ1) is 22.3. The van der Waals surface area contributed by atoms with Gasteiger partial charge in [-0.2, -0.15) is 0 Å². The van der Waals surface area contributed by atoms with Crippen LogP contribution in [0.3, 0.4) is 0 Å². The summed E-state index contributed by atoms with van der Waals surface area (Å²) in [6, 6.07) is 55.9. The van der Waals surface area contributed by atoms with Crippen LogP contribution in [0.1, 0.15) is 0 Å². The van der Waals surface area contributed by atoms with Crippen molar-refractivity contribution in [1.29, 1.82) is 0 Å². The van der Waals surface area contributed by atoms with Crippen LogP contribution < -0.4 is 0 Å². The molecule has 0 radical (unpaired) electrons. The van der Waals surface area contributed by atoms with Crippen LogP contribution in [0.4, 0.5) is 0 Å². The molecule has 0 spiro atoms. The first kappa shape index (κ1) is 25.1. The Morgan fingerprint density at radius 2 is 0.889 bits per heavy atom. The zero-order valence-corrected chi connectivity index (χ0v) is 25.8. The molecule has 1 nitrogen and oxygen atoms in total. The minimum absolute atomic E-state index is 1.18. The second-order valence-corrected chi connectivity index (χ2v) is 13.9. The van der Waals surface area contributed by atoms with Gasteiger partial charge < -0.3 is 4.57 Å². The van der Waals surface area contributed by atoms with Crippen molar-refractivity contribution in [3.63, 3.8) is 0 Å². The van der Waals surface area contributed by atoms with Crippen molar-refractivity contribution in [2.45, 2.75) is 0 Å². The Kier molecular flexibility index (Phi) is 5.39. The van der Waals surface area contributed by atoms with Crippen LogP contribution >= 0.6 is 22.7 Å². The molecule has 0 atom stereocenters. The van der Waals surface area contributed by atoms with Gasteiger partial charge in [0.1, 0.15) is 0 Å². The molecule has 0 fully saturated rings. The van der Waals surface area contributed by atoms with E-state index in [1.807, 2.05) is 22.7 Å². The van der Waals surface area contributed by atoms with Crippen LogP contribution in [0.25, 0.3) is 90.1 Å². The highest BCUT2D eigenvalue weighted by Gasteiger charge is 2.18. The number of hydrogen-bond acceptors (Lipinski definition) is 2. The maximum atomic E-state index is 2.46. The molecule has 10 rings (SSSR count). The summed E-state index contributed by atoms with van der Waals surface area (Å²) in [5.74, 6) is 0. The molecule has 0 unspecified atom stereocenters. The van der Waals surface area contributed by atoms with Crippen LogP contribution in [0.2, 0.25) is 0 Å². The van der Waals surface area contributed by atoms with E-state index in [0.717, 1.165) is 0 Å². The number of hydrogen-bond donors (Lipinski definition) is 0. The van der Waals surface area contributed by atoms with Gasteiger partial charge in [0.15, 0.2) is 0 Å². The molecule has 0 amide bonds. The van der Waals surface area contributed by atoms with Gasteiger partial charge in [-0.15, -0.1) is 22.7 Å². The third-order valence-electron chi connectivity index (χ3n) is 9.23. The quantitative estimate of drug-likeness (QED) is 0.188. The molecule has 0 aliphatic carbocycles. The Morgan fingerprint density at radius 1 is 0.356 bits per heavy atom. The Hall–Kier alpha value is -5.22. The molecule has 0 saturated carbocycles. The van der Waals surface area contributed by atoms with Crippen LogP contribution in [0.5, 0.6) is 0 Å². The monoisotopic (exact) mass is 607 g/mol. The van der Waals surface area contributed by atoms with E-state index in [1.54, 1.807) is 0 Å². The molecule has 0 aliphatic heterocycles. The third kappa shape index (κ3) is 3.78. The van der Waals surface area contributed by atoms with Crippen LogP contribution in [0.15, 0.2) is 152 Å². The zero-order valence-electron chi connectivity index (χ0n) is 24.2. The van der Waals surface area contributed by atoms with E-state index in [4.69, 9.17) is 0 Å². The molecular formula is C42H25NS2. The van der Waals surface area contributed by atoms with E-state index < -0.39 is 0 Å². The van der Waals surface area contributed by atoms with Crippen LogP contribution in [0, 0.1) is 0 Å². The van der Waals surface area contributed by atoms with Crippen molar-refractivity contribution in [2.75, 3.05) is 0 Å². The van der Waals surface area contributed by atoms with Crippen molar-refractivity contribution < 1.29 is 0 Å². The highest BCUT2D eigenvalue weighted by Crippen LogP contribution is 2.43. The van der Waals surface area contributed by atoms with Crippen molar-refractivity contribution in [1.82, 2.24) is 4.57 Å². The summed E-state index contributed by atoms with van der Waals surface area (Å²) in [5.41, 5.74) is 8.65. The SMILES string of the molecule is c1ccc2c(c1)sc1ccc(-c3ccc(-c4ccc(-n5c6ccccc6c6ccc7sc8ccccc8c7c65)cc4)cc3)cc12. The van der Waals surface area contributed by atoms with E-state index >= 15 is 0 Å². The molecule has 7 aromatic carbocycles. The lowest BCUT2D eigenvalue weighted by Gasteiger charge is -2.11. The lowest BCUT2D eigenvalue weighted by molar-refractivity contribution is 1.19. The fraction of sp³-hybridized carbons (Fsp3) is 0. The van der Waals surface area contributed by atoms with Gasteiger partial charge in [-0.25, -0.2) is 0 Å². The normalized spacial score (nSPS) is 12.0. The summed E-state index contributed by atoms with van der Waals surface area (Å²) < 4.78 is 7.81. The summed E-state index contributed by atoms with van der Waals surface area (Å²) in [5, 5.41) is 7.94. The van der Waals surface area contributed by atoms with Crippen molar-refractivity contribution in [2.24, 2.45) is 0 Å². The predicted molar refractivity (Wildman–Crippen MR) is 197 cm³/mol. The summed E-state index contributed by atoms with van der Waals surface area (Å²) >= 11 is 3.74. The number of rotatable bonds is 3. The van der Waals surface area contributed by atoms with Crippen molar-refractivity contribution >= 4 is 84.8 Å². The van der Waals surface area contributed by atoms with Gasteiger partial charge in [-0.05, 0) is 70.8 Å². The predicted octanol–water partition coefficient (Wildman–Crippen LogP) is 12.9. The zero-order chi connectivity index (χ0) is 29.5. The maximum Gasteiger partial charge on any atom is 0.0634 e. The molecular weight excluding hydrogens is 583 g/mol. The average molecular weight is 608 g/mol. The first-order valence-electron chi connectivity index (χ1n) is 15.3. The lowest BCUT2D eigenvalue weighted by atomic mass is 9.99. The Morgan fingerprint density at radius 3 is 1.67 bits per heavy atom. The highest BCUT2D eigenvalue weighted by atomic mass is 32.1. The van der Waals surface area contributed by atoms with Gasteiger partial charge in [0.25, 0.3) is 0 Å². The molecule has 0 aliphatic rings. The second-order valence-electron chi connectivity index (χ2n) is 11.7. The molecule has 45 heavy (non-hydrogen) atoms. The van der Waals surface area contributed by atoms with Gasteiger partial charge in [0.05, 0.1) is 11.0 Å². The fourth-order valence-corrected chi connectivity index (χ4v) is 9.29. The van der Waals surface area contributed by atoms with Crippen LogP contribution in [-0.4, -0.2) is 4.57 Å². The number of aromatic nitrogens is 1. The fourth-order valence-electron chi connectivity index (χ4n) is 7.10. The molecule has 3 aromatic heterocycles. The minimum atomic E-state index is 1.18. The summed E-state index contributed by atoms with van der Waals surface area (Å²) in [7, 11) is 0. The molecule has 10 aromatic rings. The molecule has 0 bridgehead atoms. The van der Waals surface area contributed by atoms with E-state index in [2.05, 4.69) is 156 Å². The highest BCUT2D eigenvalue weighted by molar-refractivity contribution is 7.26. The first-order valence-corrected chi connectivity index (χ1v) is 16.9. The van der Waals surface area contributed by atoms with E-state index in [1.165, 1.54) is 90.1 Å². The average Bonchev–Trinajstić information content (AvgIpc) is 3.77. The van der Waals surface area contributed by atoms with Gasteiger partial charge in [0, 0.05) is 56.8 Å². The lowest BCUT2D eigenvalue weighted by Crippen LogP contribution is -1.94. The number of nitrogens with zero attached hydrogens (tertiary/aromatic N) is 1. The minimum Gasteiger partial charge on any atom is -0.309 e. The number of benzene rings is 7. The van der Waals surface area contributed by atoms with Crippen molar-refractivity contribution in [3.05, 3.63) is 152 Å². The van der Waals surface area contributed by atoms with Gasteiger partial charge in [0.2, 0.25) is 0 Å². The van der Waals surface area contributed by atoms with Gasteiger partial charge in [-0.3, -0.25) is 0 Å². The summed E-state index contributed by atoms with van der Waals surface area (Å²) in [6.07, 6.45) is 0. The Bertz CT molecular complexity index is 2740. The molecule has 210 valence electrons. The van der Waals surface area contributed by atoms with E-state index in [0.29, 0.717) is 0 Å². The topological polar surface area (TPSA) is 4.93 Å². The van der Waals surface area contributed by atoms with Gasteiger partial charge >= 0.3 is 0 Å². The standard InChI is InChI=1S/C42H25NS2/c1-4-10-36-31(7-1)33-22-24-40-41(34-9-3-6-12-38(34)45-40)42(33)43(36)30-20-17-27(18-21-30)26-13-15-28(16-14-26)29-19-23-39-35(25-29)32-8-2-5-11-37(32)44-39/h1-25H. The molecule has 0 N–H and O–H groups in total. The summed E-state index contributed by atoms with van der Waals surface area (Å²) in [4.78, 5) is 0. The second kappa shape index (κ2) is 9.64. The van der Waals surface area contributed by atoms with Crippen molar-refractivity contribution in [3.8, 4) is 27.9 Å². The summed E-state index contributed by atoms with van der Waals surface area (Å²) in [6.45, 7) is 0. The molecule has 3 heterocycles. The molecule has 0 saturated heterocycles. The largest absolute Gasteiger partial charge is 0.309 e. The Labute approximate surface area is 267 Å². The van der Waals surface area contributed by atoms with E-state index in [-0.39, 0.29) is 0 Å². The van der Waals surface area contributed by atoms with Crippen LogP contribution in [-0.2, 0) is 0 Å². The smallest absolute Gasteiger partial charge is 0.0634 e.